The highest BCUT2D eigenvalue weighted by Gasteiger charge is 2.57. The first-order valence-electron chi connectivity index (χ1n) is 17.5. The van der Waals surface area contributed by atoms with Gasteiger partial charge in [0.2, 0.25) is 17.4 Å². The van der Waals surface area contributed by atoms with Gasteiger partial charge in [-0.2, -0.15) is 9.36 Å². The summed E-state index contributed by atoms with van der Waals surface area (Å²) in [5, 5.41) is 5.96. The van der Waals surface area contributed by atoms with Gasteiger partial charge in [-0.1, -0.05) is 71.9 Å². The summed E-state index contributed by atoms with van der Waals surface area (Å²) in [5.41, 5.74) is 5.42. The van der Waals surface area contributed by atoms with Crippen LogP contribution in [-0.4, -0.2) is 93.1 Å². The molecule has 3 atom stereocenters. The molecule has 17 nitrogen and oxygen atoms in total. The number of benzene rings is 3. The smallest absolute Gasteiger partial charge is 0.338 e. The zero-order valence-corrected chi connectivity index (χ0v) is 32.8. The summed E-state index contributed by atoms with van der Waals surface area (Å²) >= 11 is 2.11. The highest BCUT2D eigenvalue weighted by molar-refractivity contribution is 8.00. The number of anilines is 1. The molecule has 4 aromatic rings. The molecule has 2 fully saturated rings. The normalized spacial score (nSPS) is 18.8. The minimum atomic E-state index is -1.43. The van der Waals surface area contributed by atoms with E-state index in [0.717, 1.165) is 29.6 Å². The van der Waals surface area contributed by atoms with Gasteiger partial charge in [0, 0.05) is 37.7 Å². The number of nitrogen functional groups attached to an aromatic ring is 1. The molecule has 0 bridgehead atoms. The average molecular weight is 829 g/mol. The van der Waals surface area contributed by atoms with Gasteiger partial charge in [0.1, 0.15) is 30.5 Å². The lowest BCUT2D eigenvalue weighted by atomic mass is 9.86. The Labute approximate surface area is 339 Å². The highest BCUT2D eigenvalue weighted by atomic mass is 32.2. The molecule has 3 N–H and O–H groups in total. The first kappa shape index (κ1) is 41.0. The van der Waals surface area contributed by atoms with Crippen molar-refractivity contribution in [3.05, 3.63) is 114 Å². The molecule has 6 rings (SSSR count). The Balaban J connectivity index is 1.22. The SMILES string of the molecule is CON=C(C(=O)NC1C(=O)N2CC(C=CCOC(=O)c3ccc(OC(C)=O)c(OC(C)=O)c3)(C(=O)OC(c3ccccc3)c3ccccc3)CS[C@H]12)c1nsc(N)n1. The third-order valence-corrected chi connectivity index (χ3v) is 10.8. The molecule has 1 aromatic heterocycles. The van der Waals surface area contributed by atoms with Crippen molar-refractivity contribution in [2.75, 3.05) is 31.7 Å². The lowest BCUT2D eigenvalue weighted by Crippen LogP contribution is -2.74. The standard InChI is InChI=1S/C39H36N6O11S2/c1-22(46)54-27-16-15-26(19-28(27)55-23(2)47)36(50)53-18-10-17-39(37(51)56-31(24-11-6-4-7-12-24)25-13-8-5-9-14-25)20-45-34(49)30(35(45)57-21-39)41-33(48)29(43-52-3)32-42-38(40)58-44-32/h4-17,19,30-31,35H,18,20-21H2,1-3H3,(H,41,48)(H2,40,42,44)/t30?,35-,39?/m1/s1. The largest absolute Gasteiger partial charge is 0.458 e. The Morgan fingerprint density at radius 1 is 0.983 bits per heavy atom. The van der Waals surface area contributed by atoms with Gasteiger partial charge in [-0.05, 0) is 35.4 Å². The zero-order valence-electron chi connectivity index (χ0n) is 31.2. The molecule has 2 aliphatic rings. The number of amides is 2. The molecule has 19 heteroatoms. The molecule has 3 heterocycles. The number of nitrogens with two attached hydrogens (primary N) is 1. The van der Waals surface area contributed by atoms with Gasteiger partial charge in [-0.15, -0.1) is 11.8 Å². The molecule has 0 spiro atoms. The van der Waals surface area contributed by atoms with E-state index in [1.54, 1.807) is 6.08 Å². The number of carbonyl (C=O) groups excluding carboxylic acids is 6. The van der Waals surface area contributed by atoms with E-state index in [0.29, 0.717) is 0 Å². The first-order valence-corrected chi connectivity index (χ1v) is 19.3. The predicted octanol–water partition coefficient (Wildman–Crippen LogP) is 3.45. The summed E-state index contributed by atoms with van der Waals surface area (Å²) < 4.78 is 26.0. The minimum absolute atomic E-state index is 0.00806. The Morgan fingerprint density at radius 3 is 2.24 bits per heavy atom. The van der Waals surface area contributed by atoms with Gasteiger partial charge >= 0.3 is 23.9 Å². The maximum atomic E-state index is 14.5. The lowest BCUT2D eigenvalue weighted by molar-refractivity contribution is -0.162. The summed E-state index contributed by atoms with van der Waals surface area (Å²) in [6, 6.07) is 21.2. The number of hydrogen-bond acceptors (Lipinski definition) is 17. The zero-order chi connectivity index (χ0) is 41.4. The van der Waals surface area contributed by atoms with Gasteiger partial charge < -0.3 is 39.7 Å². The van der Waals surface area contributed by atoms with Crippen molar-refractivity contribution in [2.24, 2.45) is 10.6 Å². The van der Waals surface area contributed by atoms with Crippen molar-refractivity contribution in [3.63, 3.8) is 0 Å². The minimum Gasteiger partial charge on any atom is -0.458 e. The molecule has 58 heavy (non-hydrogen) atoms. The van der Waals surface area contributed by atoms with Gasteiger partial charge in [0.25, 0.3) is 5.91 Å². The fraction of sp³-hybridized carbons (Fsp3) is 0.256. The van der Waals surface area contributed by atoms with Crippen molar-refractivity contribution in [3.8, 4) is 11.5 Å². The van der Waals surface area contributed by atoms with Crippen LogP contribution >= 0.6 is 23.3 Å². The molecule has 2 amide bonds. The van der Waals surface area contributed by atoms with Crippen molar-refractivity contribution >= 4 is 69.8 Å². The van der Waals surface area contributed by atoms with E-state index in [2.05, 4.69) is 19.8 Å². The number of rotatable bonds is 14. The van der Waals surface area contributed by atoms with Crippen molar-refractivity contribution < 1.29 is 52.6 Å². The van der Waals surface area contributed by atoms with Crippen molar-refractivity contribution in [2.45, 2.75) is 31.4 Å². The van der Waals surface area contributed by atoms with Crippen LogP contribution in [0.25, 0.3) is 0 Å². The molecule has 0 aliphatic carbocycles. The number of oxime groups is 1. The summed E-state index contributed by atoms with van der Waals surface area (Å²) in [4.78, 5) is 87.9. The second kappa shape index (κ2) is 18.1. The van der Waals surface area contributed by atoms with Crippen LogP contribution in [0, 0.1) is 5.41 Å². The summed E-state index contributed by atoms with van der Waals surface area (Å²) in [7, 11) is 1.25. The maximum Gasteiger partial charge on any atom is 0.338 e. The van der Waals surface area contributed by atoms with Gasteiger partial charge in [0.05, 0.1) is 5.56 Å². The second-order valence-electron chi connectivity index (χ2n) is 12.8. The van der Waals surface area contributed by atoms with Gasteiger partial charge in [-0.25, -0.2) is 4.79 Å². The fourth-order valence-corrected chi connectivity index (χ4v) is 8.04. The van der Waals surface area contributed by atoms with E-state index in [4.69, 9.17) is 29.5 Å². The predicted molar refractivity (Wildman–Crippen MR) is 209 cm³/mol. The summed E-state index contributed by atoms with van der Waals surface area (Å²) in [6.45, 7) is 1.90. The topological polar surface area (TPSA) is 228 Å². The van der Waals surface area contributed by atoms with Crippen LogP contribution in [0.15, 0.2) is 96.2 Å². The number of aromatic nitrogens is 2. The first-order chi connectivity index (χ1) is 27.9. The number of β-lactam (4-membered cyclic amide) rings is 1. The van der Waals surface area contributed by atoms with Crippen LogP contribution in [0.5, 0.6) is 11.5 Å². The molecule has 3 aromatic carbocycles. The number of nitrogens with one attached hydrogen (secondary N) is 1. The summed E-state index contributed by atoms with van der Waals surface area (Å²) in [5.74, 6) is -4.21. The molecule has 2 unspecified atom stereocenters. The lowest BCUT2D eigenvalue weighted by Gasteiger charge is -2.53. The van der Waals surface area contributed by atoms with Crippen molar-refractivity contribution in [1.29, 1.82) is 0 Å². The molecular formula is C39H36N6O11S2. The van der Waals surface area contributed by atoms with E-state index in [9.17, 15) is 28.8 Å². The quantitative estimate of drug-likeness (QED) is 0.0463. The summed E-state index contributed by atoms with van der Waals surface area (Å²) in [6.07, 6.45) is 2.23. The highest BCUT2D eigenvalue weighted by Crippen LogP contribution is 2.44. The van der Waals surface area contributed by atoms with Crippen LogP contribution in [0.4, 0.5) is 5.13 Å². The van der Waals surface area contributed by atoms with E-state index in [1.165, 1.54) is 55.0 Å². The number of thioether (sulfide) groups is 1. The number of ether oxygens (including phenoxy) is 4. The third-order valence-electron chi connectivity index (χ3n) is 8.71. The average Bonchev–Trinajstić information content (AvgIpc) is 3.65. The number of hydrogen-bond donors (Lipinski definition) is 2. The molecule has 300 valence electrons. The van der Waals surface area contributed by atoms with E-state index in [-0.39, 0.29) is 52.6 Å². The van der Waals surface area contributed by atoms with E-state index < -0.39 is 58.6 Å². The van der Waals surface area contributed by atoms with E-state index >= 15 is 0 Å². The monoisotopic (exact) mass is 828 g/mol. The van der Waals surface area contributed by atoms with Crippen LogP contribution < -0.4 is 20.5 Å². The number of carbonyl (C=O) groups is 6. The number of fused-ring (bicyclic) bond motifs is 1. The molecule has 0 radical (unpaired) electrons. The third kappa shape index (κ3) is 9.32. The molecular weight excluding hydrogens is 793 g/mol. The van der Waals surface area contributed by atoms with E-state index in [1.807, 2.05) is 60.7 Å². The van der Waals surface area contributed by atoms with Gasteiger partial charge in [0.15, 0.2) is 22.7 Å². The van der Waals surface area contributed by atoms with Crippen LogP contribution in [0.1, 0.15) is 47.3 Å². The molecule has 2 aliphatic heterocycles. The fourth-order valence-electron chi connectivity index (χ4n) is 6.10. The Bertz CT molecular complexity index is 2230. The Hall–Kier alpha value is -6.60. The Morgan fingerprint density at radius 2 is 1.64 bits per heavy atom. The molecule has 0 saturated carbocycles. The van der Waals surface area contributed by atoms with Crippen molar-refractivity contribution in [1.82, 2.24) is 19.6 Å². The van der Waals surface area contributed by atoms with Crippen LogP contribution in [0.2, 0.25) is 0 Å². The number of esters is 4. The van der Waals surface area contributed by atoms with Crippen LogP contribution in [-0.2, 0) is 38.3 Å². The Kier molecular flexibility index (Phi) is 12.8. The maximum absolute atomic E-state index is 14.5. The molecule has 2 saturated heterocycles. The van der Waals surface area contributed by atoms with Crippen LogP contribution in [0.3, 0.4) is 0 Å². The second-order valence-corrected chi connectivity index (χ2v) is 14.7. The number of nitrogens with zero attached hydrogens (tertiary/aromatic N) is 4. The van der Waals surface area contributed by atoms with Gasteiger partial charge in [-0.3, -0.25) is 24.0 Å².